The lowest BCUT2D eigenvalue weighted by Gasteiger charge is -2.24. The van der Waals surface area contributed by atoms with Crippen molar-refractivity contribution < 1.29 is 9.53 Å². The lowest BCUT2D eigenvalue weighted by molar-refractivity contribution is -0.147. The molecule has 0 spiro atoms. The van der Waals surface area contributed by atoms with Crippen LogP contribution in [0.15, 0.2) is 0 Å². The fraction of sp³-hybridized carbons (Fsp3) is 0.962. The Kier molecular flexibility index (Phi) is 21.7. The van der Waals surface area contributed by atoms with Gasteiger partial charge in [-0.1, -0.05) is 110 Å². The van der Waals surface area contributed by atoms with Gasteiger partial charge >= 0.3 is 5.97 Å². The van der Waals surface area contributed by atoms with Crippen LogP contribution in [0.3, 0.4) is 0 Å². The van der Waals surface area contributed by atoms with E-state index in [0.717, 1.165) is 19.5 Å². The van der Waals surface area contributed by atoms with Crippen LogP contribution in [-0.4, -0.2) is 37.1 Å². The second-order valence-electron chi connectivity index (χ2n) is 9.09. The largest absolute Gasteiger partial charge is 0.461 e. The highest BCUT2D eigenvalue weighted by Gasteiger charge is 2.14. The van der Waals surface area contributed by atoms with E-state index in [-0.39, 0.29) is 12.1 Å². The number of esters is 1. The summed E-state index contributed by atoms with van der Waals surface area (Å²) in [4.78, 5) is 13.8. The first-order valence-corrected chi connectivity index (χ1v) is 13.0. The summed E-state index contributed by atoms with van der Waals surface area (Å²) in [6.45, 7) is 8.08. The molecular formula is C26H53NO2. The van der Waals surface area contributed by atoms with Crippen molar-refractivity contribution in [2.45, 2.75) is 142 Å². The van der Waals surface area contributed by atoms with E-state index < -0.39 is 0 Å². The van der Waals surface area contributed by atoms with Crippen LogP contribution in [0.25, 0.3) is 0 Å². The van der Waals surface area contributed by atoms with Gasteiger partial charge in [0.15, 0.2) is 0 Å². The SMILES string of the molecule is CCCCCCCCCCCCN(C)CC(CCCCCCCCC)OC(C)=O. The molecule has 1 unspecified atom stereocenters. The first-order chi connectivity index (χ1) is 14.1. The molecule has 0 fully saturated rings. The van der Waals surface area contributed by atoms with Crippen molar-refractivity contribution in [1.82, 2.24) is 4.90 Å². The summed E-state index contributed by atoms with van der Waals surface area (Å²) >= 11 is 0. The van der Waals surface area contributed by atoms with E-state index in [1.54, 1.807) is 6.92 Å². The highest BCUT2D eigenvalue weighted by molar-refractivity contribution is 5.66. The van der Waals surface area contributed by atoms with E-state index in [9.17, 15) is 4.79 Å². The number of nitrogens with zero attached hydrogens (tertiary/aromatic N) is 1. The zero-order chi connectivity index (χ0) is 21.6. The molecule has 0 rings (SSSR count). The van der Waals surface area contributed by atoms with Gasteiger partial charge in [-0.25, -0.2) is 0 Å². The van der Waals surface area contributed by atoms with Crippen LogP contribution in [-0.2, 0) is 9.53 Å². The van der Waals surface area contributed by atoms with E-state index in [1.807, 2.05) is 0 Å². The van der Waals surface area contributed by atoms with Crippen LogP contribution in [0.5, 0.6) is 0 Å². The third-order valence-corrected chi connectivity index (χ3v) is 5.87. The number of likely N-dealkylation sites (N-methyl/N-ethyl adjacent to an activating group) is 1. The van der Waals surface area contributed by atoms with Gasteiger partial charge in [0.1, 0.15) is 6.10 Å². The second kappa shape index (κ2) is 22.1. The summed E-state index contributed by atoms with van der Waals surface area (Å²) in [7, 11) is 2.18. The van der Waals surface area contributed by atoms with Crippen molar-refractivity contribution >= 4 is 5.97 Å². The number of hydrogen-bond acceptors (Lipinski definition) is 3. The number of hydrogen-bond donors (Lipinski definition) is 0. The van der Waals surface area contributed by atoms with Crippen LogP contribution >= 0.6 is 0 Å². The third kappa shape index (κ3) is 21.9. The Hall–Kier alpha value is -0.570. The first-order valence-electron chi connectivity index (χ1n) is 13.0. The van der Waals surface area contributed by atoms with Crippen LogP contribution in [0, 0.1) is 0 Å². The molecular weight excluding hydrogens is 358 g/mol. The zero-order valence-corrected chi connectivity index (χ0v) is 20.5. The van der Waals surface area contributed by atoms with Crippen LogP contribution in [0.4, 0.5) is 0 Å². The van der Waals surface area contributed by atoms with Gasteiger partial charge < -0.3 is 9.64 Å². The molecule has 0 bridgehead atoms. The predicted molar refractivity (Wildman–Crippen MR) is 128 cm³/mol. The Labute approximate surface area is 183 Å². The topological polar surface area (TPSA) is 29.5 Å². The van der Waals surface area contributed by atoms with Crippen molar-refractivity contribution in [1.29, 1.82) is 0 Å². The van der Waals surface area contributed by atoms with Gasteiger partial charge in [0.2, 0.25) is 0 Å². The summed E-state index contributed by atoms with van der Waals surface area (Å²) in [6.07, 6.45) is 24.0. The second-order valence-corrected chi connectivity index (χ2v) is 9.09. The summed E-state index contributed by atoms with van der Waals surface area (Å²) in [5.74, 6) is -0.134. The van der Waals surface area contributed by atoms with Gasteiger partial charge in [0.05, 0.1) is 0 Å². The smallest absolute Gasteiger partial charge is 0.302 e. The Bertz CT molecular complexity index is 346. The summed E-state index contributed by atoms with van der Waals surface area (Å²) in [5.41, 5.74) is 0. The van der Waals surface area contributed by atoms with Crippen LogP contribution in [0.2, 0.25) is 0 Å². The molecule has 0 aromatic rings. The minimum Gasteiger partial charge on any atom is -0.461 e. The van der Waals surface area contributed by atoms with Crippen LogP contribution in [0.1, 0.15) is 136 Å². The predicted octanol–water partition coefficient (Wildman–Crippen LogP) is 7.91. The molecule has 1 atom stereocenters. The van der Waals surface area contributed by atoms with E-state index in [0.29, 0.717) is 0 Å². The average molecular weight is 412 g/mol. The number of unbranched alkanes of at least 4 members (excludes halogenated alkanes) is 15. The van der Waals surface area contributed by atoms with E-state index in [4.69, 9.17) is 4.74 Å². The molecule has 174 valence electrons. The van der Waals surface area contributed by atoms with Gasteiger partial charge in [-0.3, -0.25) is 4.79 Å². The third-order valence-electron chi connectivity index (χ3n) is 5.87. The summed E-state index contributed by atoms with van der Waals surface area (Å²) in [6, 6.07) is 0. The number of carbonyl (C=O) groups is 1. The molecule has 0 N–H and O–H groups in total. The van der Waals surface area contributed by atoms with Crippen molar-refractivity contribution in [3.05, 3.63) is 0 Å². The number of carbonyl (C=O) groups excluding carboxylic acids is 1. The van der Waals surface area contributed by atoms with Crippen molar-refractivity contribution in [2.75, 3.05) is 20.1 Å². The van der Waals surface area contributed by atoms with E-state index in [2.05, 4.69) is 25.8 Å². The van der Waals surface area contributed by atoms with Crippen molar-refractivity contribution in [3.8, 4) is 0 Å². The van der Waals surface area contributed by atoms with E-state index in [1.165, 1.54) is 109 Å². The van der Waals surface area contributed by atoms with Crippen molar-refractivity contribution in [3.63, 3.8) is 0 Å². The van der Waals surface area contributed by atoms with Gasteiger partial charge in [-0.05, 0) is 32.9 Å². The molecule has 0 aromatic heterocycles. The Morgan fingerprint density at radius 2 is 1.10 bits per heavy atom. The summed E-state index contributed by atoms with van der Waals surface area (Å²) < 4.78 is 5.59. The highest BCUT2D eigenvalue weighted by Crippen LogP contribution is 2.13. The molecule has 0 aliphatic carbocycles. The molecule has 0 aromatic carbocycles. The van der Waals surface area contributed by atoms with Gasteiger partial charge in [0, 0.05) is 13.5 Å². The maximum Gasteiger partial charge on any atom is 0.302 e. The molecule has 0 amide bonds. The number of rotatable bonds is 22. The summed E-state index contributed by atoms with van der Waals surface area (Å²) in [5, 5.41) is 0. The molecule has 0 saturated carbocycles. The maximum absolute atomic E-state index is 11.4. The molecule has 0 aliphatic rings. The molecule has 0 heterocycles. The van der Waals surface area contributed by atoms with Gasteiger partial charge in [-0.2, -0.15) is 0 Å². The molecule has 3 heteroatoms. The highest BCUT2D eigenvalue weighted by atomic mass is 16.5. The monoisotopic (exact) mass is 411 g/mol. The molecule has 0 saturated heterocycles. The quantitative estimate of drug-likeness (QED) is 0.134. The lowest BCUT2D eigenvalue weighted by atomic mass is 10.1. The number of ether oxygens (including phenoxy) is 1. The minimum atomic E-state index is -0.134. The Balaban J connectivity index is 3.72. The average Bonchev–Trinajstić information content (AvgIpc) is 2.68. The lowest BCUT2D eigenvalue weighted by Crippen LogP contribution is -2.33. The Morgan fingerprint density at radius 3 is 1.55 bits per heavy atom. The molecule has 0 aliphatic heterocycles. The minimum absolute atomic E-state index is 0.0660. The normalized spacial score (nSPS) is 12.4. The Morgan fingerprint density at radius 1 is 0.690 bits per heavy atom. The maximum atomic E-state index is 11.4. The van der Waals surface area contributed by atoms with Crippen molar-refractivity contribution in [2.24, 2.45) is 0 Å². The zero-order valence-electron chi connectivity index (χ0n) is 20.5. The molecule has 29 heavy (non-hydrogen) atoms. The fourth-order valence-corrected chi connectivity index (χ4v) is 4.06. The van der Waals surface area contributed by atoms with Gasteiger partial charge in [0.25, 0.3) is 0 Å². The standard InChI is InChI=1S/C26H53NO2/c1-5-7-9-11-13-14-15-17-19-21-23-27(4)24-26(29-25(3)28)22-20-18-16-12-10-8-6-2/h26H,5-24H2,1-4H3. The molecule has 0 radical (unpaired) electrons. The molecule has 3 nitrogen and oxygen atoms in total. The fourth-order valence-electron chi connectivity index (χ4n) is 4.06. The van der Waals surface area contributed by atoms with E-state index >= 15 is 0 Å². The first kappa shape index (κ1) is 28.4. The van der Waals surface area contributed by atoms with Gasteiger partial charge in [-0.15, -0.1) is 0 Å². The van der Waals surface area contributed by atoms with Crippen LogP contribution < -0.4 is 0 Å².